The van der Waals surface area contributed by atoms with Crippen LogP contribution in [-0.4, -0.2) is 29.7 Å². The molecule has 20 heavy (non-hydrogen) atoms. The molecule has 0 aromatic carbocycles. The molecule has 0 bridgehead atoms. The van der Waals surface area contributed by atoms with Gasteiger partial charge in [-0.05, 0) is 32.1 Å². The number of aromatic nitrogens is 2. The van der Waals surface area contributed by atoms with Crippen LogP contribution in [0.25, 0.3) is 0 Å². The molecule has 0 spiro atoms. The van der Waals surface area contributed by atoms with Gasteiger partial charge in [-0.1, -0.05) is 20.8 Å². The van der Waals surface area contributed by atoms with Gasteiger partial charge in [0, 0.05) is 12.6 Å². The van der Waals surface area contributed by atoms with Crippen molar-refractivity contribution in [2.75, 3.05) is 24.3 Å². The monoisotopic (exact) mass is 280 g/mol. The maximum Gasteiger partial charge on any atom is 0.204 e. The first kappa shape index (κ1) is 16.5. The Morgan fingerprint density at radius 3 is 2.45 bits per heavy atom. The van der Waals surface area contributed by atoms with Gasteiger partial charge in [0.25, 0.3) is 0 Å². The molecule has 1 aromatic heterocycles. The highest BCUT2D eigenvalue weighted by Crippen LogP contribution is 2.29. The highest BCUT2D eigenvalue weighted by Gasteiger charge is 2.13. The second-order valence-corrected chi connectivity index (χ2v) is 5.55. The largest absolute Gasteiger partial charge is 0.490 e. The summed E-state index contributed by atoms with van der Waals surface area (Å²) in [5, 5.41) is 6.68. The summed E-state index contributed by atoms with van der Waals surface area (Å²) in [7, 11) is 1.65. The zero-order valence-electron chi connectivity index (χ0n) is 13.4. The van der Waals surface area contributed by atoms with Crippen LogP contribution in [0.1, 0.15) is 47.0 Å². The van der Waals surface area contributed by atoms with E-state index in [1.54, 1.807) is 13.4 Å². The number of nitrogens with zero attached hydrogens (tertiary/aromatic N) is 2. The summed E-state index contributed by atoms with van der Waals surface area (Å²) in [5.41, 5.74) is 0. The molecule has 0 fully saturated rings. The molecule has 1 atom stereocenters. The lowest BCUT2D eigenvalue weighted by Crippen LogP contribution is -2.18. The van der Waals surface area contributed by atoms with Gasteiger partial charge >= 0.3 is 0 Å². The van der Waals surface area contributed by atoms with Crippen LogP contribution in [0.5, 0.6) is 5.75 Å². The molecule has 1 heterocycles. The molecule has 2 N–H and O–H groups in total. The van der Waals surface area contributed by atoms with E-state index >= 15 is 0 Å². The third-order valence-corrected chi connectivity index (χ3v) is 3.11. The van der Waals surface area contributed by atoms with Crippen LogP contribution >= 0.6 is 0 Å². The Morgan fingerprint density at radius 2 is 1.85 bits per heavy atom. The number of nitrogens with one attached hydrogen (secondary N) is 2. The van der Waals surface area contributed by atoms with Crippen LogP contribution < -0.4 is 15.4 Å². The Bertz CT molecular complexity index is 395. The van der Waals surface area contributed by atoms with Crippen molar-refractivity contribution in [1.29, 1.82) is 0 Å². The van der Waals surface area contributed by atoms with E-state index in [4.69, 9.17) is 4.74 Å². The van der Waals surface area contributed by atoms with E-state index in [0.717, 1.165) is 31.0 Å². The van der Waals surface area contributed by atoms with E-state index in [1.165, 1.54) is 6.42 Å². The molecular weight excluding hydrogens is 252 g/mol. The lowest BCUT2D eigenvalue weighted by Gasteiger charge is -2.18. The van der Waals surface area contributed by atoms with Crippen molar-refractivity contribution in [1.82, 2.24) is 9.97 Å². The van der Waals surface area contributed by atoms with E-state index < -0.39 is 0 Å². The molecule has 0 saturated carbocycles. The Labute approximate surface area is 122 Å². The standard InChI is InChI=1S/C15H28N4O/c1-6-9-16-14-13(20-5)15(18-10-17-14)19-12(4)8-7-11(2)3/h10-12H,6-9H2,1-5H3,(H2,16,17,18,19). The Balaban J connectivity index is 2.73. The highest BCUT2D eigenvalue weighted by atomic mass is 16.5. The van der Waals surface area contributed by atoms with Gasteiger partial charge in [-0.25, -0.2) is 9.97 Å². The highest BCUT2D eigenvalue weighted by molar-refractivity contribution is 5.63. The lowest BCUT2D eigenvalue weighted by molar-refractivity contribution is 0.413. The third kappa shape index (κ3) is 5.23. The van der Waals surface area contributed by atoms with E-state index in [1.807, 2.05) is 0 Å². The molecule has 1 unspecified atom stereocenters. The van der Waals surface area contributed by atoms with Crippen LogP contribution in [0.4, 0.5) is 11.6 Å². The minimum atomic E-state index is 0.361. The van der Waals surface area contributed by atoms with Gasteiger partial charge < -0.3 is 15.4 Å². The van der Waals surface area contributed by atoms with Gasteiger partial charge in [-0.2, -0.15) is 0 Å². The number of ether oxygens (including phenoxy) is 1. The van der Waals surface area contributed by atoms with Crippen LogP contribution in [0.15, 0.2) is 6.33 Å². The predicted octanol–water partition coefficient (Wildman–Crippen LogP) is 3.54. The Morgan fingerprint density at radius 1 is 1.15 bits per heavy atom. The maximum absolute atomic E-state index is 5.45. The molecule has 114 valence electrons. The second kappa shape index (κ2) is 8.61. The lowest BCUT2D eigenvalue weighted by atomic mass is 10.0. The van der Waals surface area contributed by atoms with Gasteiger partial charge in [0.2, 0.25) is 5.75 Å². The van der Waals surface area contributed by atoms with Crippen molar-refractivity contribution in [3.05, 3.63) is 6.33 Å². The average molecular weight is 280 g/mol. The third-order valence-electron chi connectivity index (χ3n) is 3.11. The molecule has 5 heteroatoms. The summed E-state index contributed by atoms with van der Waals surface area (Å²) in [6.07, 6.45) is 4.92. The van der Waals surface area contributed by atoms with Crippen molar-refractivity contribution in [2.24, 2.45) is 5.92 Å². The summed E-state index contributed by atoms with van der Waals surface area (Å²) in [6.45, 7) is 9.64. The molecule has 5 nitrogen and oxygen atoms in total. The van der Waals surface area contributed by atoms with Crippen molar-refractivity contribution in [3.8, 4) is 5.75 Å². The first-order valence-electron chi connectivity index (χ1n) is 7.47. The van der Waals surface area contributed by atoms with Gasteiger partial charge in [0.1, 0.15) is 6.33 Å². The van der Waals surface area contributed by atoms with E-state index in [2.05, 4.69) is 48.3 Å². The summed E-state index contributed by atoms with van der Waals surface area (Å²) >= 11 is 0. The zero-order valence-corrected chi connectivity index (χ0v) is 13.4. The van der Waals surface area contributed by atoms with Crippen molar-refractivity contribution >= 4 is 11.6 Å². The fraction of sp³-hybridized carbons (Fsp3) is 0.733. The van der Waals surface area contributed by atoms with Crippen molar-refractivity contribution in [2.45, 2.75) is 53.0 Å². The number of rotatable bonds is 9. The van der Waals surface area contributed by atoms with Crippen LogP contribution in [0, 0.1) is 5.92 Å². The first-order valence-corrected chi connectivity index (χ1v) is 7.47. The van der Waals surface area contributed by atoms with Crippen LogP contribution in [0.2, 0.25) is 0 Å². The molecule has 0 aliphatic carbocycles. The summed E-state index contributed by atoms with van der Waals surface area (Å²) in [5.74, 6) is 2.92. The maximum atomic E-state index is 5.45. The first-order chi connectivity index (χ1) is 9.58. The molecule has 0 saturated heterocycles. The molecule has 0 radical (unpaired) electrons. The van der Waals surface area contributed by atoms with Crippen LogP contribution in [-0.2, 0) is 0 Å². The molecule has 0 amide bonds. The number of hydrogen-bond donors (Lipinski definition) is 2. The Kier molecular flexibility index (Phi) is 7.12. The summed E-state index contributed by atoms with van der Waals surface area (Å²) in [6, 6.07) is 0.361. The van der Waals surface area contributed by atoms with E-state index in [-0.39, 0.29) is 0 Å². The van der Waals surface area contributed by atoms with Crippen molar-refractivity contribution in [3.63, 3.8) is 0 Å². The van der Waals surface area contributed by atoms with E-state index in [0.29, 0.717) is 17.7 Å². The topological polar surface area (TPSA) is 59.1 Å². The molecule has 1 rings (SSSR count). The van der Waals surface area contributed by atoms with E-state index in [9.17, 15) is 0 Å². The SMILES string of the molecule is CCCNc1ncnc(NC(C)CCC(C)C)c1OC. The second-order valence-electron chi connectivity index (χ2n) is 5.55. The normalized spacial score (nSPS) is 12.3. The number of methoxy groups -OCH3 is 1. The quantitative estimate of drug-likeness (QED) is 0.724. The summed E-state index contributed by atoms with van der Waals surface area (Å²) < 4.78 is 5.45. The Hall–Kier alpha value is -1.52. The average Bonchev–Trinajstić information content (AvgIpc) is 2.43. The number of anilines is 2. The molecular formula is C15H28N4O. The smallest absolute Gasteiger partial charge is 0.204 e. The van der Waals surface area contributed by atoms with Gasteiger partial charge in [0.15, 0.2) is 11.6 Å². The zero-order chi connectivity index (χ0) is 15.0. The fourth-order valence-electron chi connectivity index (χ4n) is 1.93. The fourth-order valence-corrected chi connectivity index (χ4v) is 1.93. The molecule has 1 aromatic rings. The predicted molar refractivity (Wildman–Crippen MR) is 84.5 cm³/mol. The molecule has 0 aliphatic heterocycles. The minimum Gasteiger partial charge on any atom is -0.490 e. The summed E-state index contributed by atoms with van der Waals surface area (Å²) in [4.78, 5) is 8.54. The number of hydrogen-bond acceptors (Lipinski definition) is 5. The molecule has 0 aliphatic rings. The van der Waals surface area contributed by atoms with Gasteiger partial charge in [-0.15, -0.1) is 0 Å². The van der Waals surface area contributed by atoms with Crippen LogP contribution in [0.3, 0.4) is 0 Å². The van der Waals surface area contributed by atoms with Gasteiger partial charge in [-0.3, -0.25) is 0 Å². The van der Waals surface area contributed by atoms with Crippen molar-refractivity contribution < 1.29 is 4.74 Å². The van der Waals surface area contributed by atoms with Gasteiger partial charge in [0.05, 0.1) is 7.11 Å². The minimum absolute atomic E-state index is 0.361.